The van der Waals surface area contributed by atoms with Gasteiger partial charge in [0.05, 0.1) is 6.61 Å². The van der Waals surface area contributed by atoms with E-state index in [2.05, 4.69) is 15.5 Å². The SMILES string of the molecule is CCOc1ccc(-c2n[nH]c(=S)n2CC(=O)NC23CC4CC(CC(C4)C2)C3)cc1. The predicted molar refractivity (Wildman–Crippen MR) is 113 cm³/mol. The van der Waals surface area contributed by atoms with Gasteiger partial charge >= 0.3 is 0 Å². The van der Waals surface area contributed by atoms with Crippen LogP contribution in [0.1, 0.15) is 45.4 Å². The first-order valence-electron chi connectivity index (χ1n) is 10.7. The summed E-state index contributed by atoms with van der Waals surface area (Å²) in [4.78, 5) is 13.0. The molecular formula is C22H28N4O2S. The van der Waals surface area contributed by atoms with Gasteiger partial charge in [0, 0.05) is 11.1 Å². The van der Waals surface area contributed by atoms with E-state index < -0.39 is 0 Å². The van der Waals surface area contributed by atoms with Crippen LogP contribution in [0.5, 0.6) is 5.75 Å². The number of ether oxygens (including phenoxy) is 1. The Hall–Kier alpha value is -2.15. The number of carbonyl (C=O) groups excluding carboxylic acids is 1. The van der Waals surface area contributed by atoms with Crippen LogP contribution in [0.2, 0.25) is 0 Å². The highest BCUT2D eigenvalue weighted by Crippen LogP contribution is 2.55. The topological polar surface area (TPSA) is 71.9 Å². The fraction of sp³-hybridized carbons (Fsp3) is 0.591. The Balaban J connectivity index is 1.33. The predicted octanol–water partition coefficient (Wildman–Crippen LogP) is 4.09. The largest absolute Gasteiger partial charge is 0.494 e. The first-order chi connectivity index (χ1) is 14.0. The number of rotatable bonds is 6. The lowest BCUT2D eigenvalue weighted by atomic mass is 9.53. The van der Waals surface area contributed by atoms with E-state index in [-0.39, 0.29) is 18.0 Å². The summed E-state index contributed by atoms with van der Waals surface area (Å²) < 4.78 is 7.77. The number of amides is 1. The highest BCUT2D eigenvalue weighted by molar-refractivity contribution is 7.71. The summed E-state index contributed by atoms with van der Waals surface area (Å²) in [6.07, 6.45) is 7.53. The van der Waals surface area contributed by atoms with Gasteiger partial charge in [0.15, 0.2) is 10.6 Å². The van der Waals surface area contributed by atoms with Crippen LogP contribution in [0.15, 0.2) is 24.3 Å². The first-order valence-corrected chi connectivity index (χ1v) is 11.1. The molecule has 0 unspecified atom stereocenters. The van der Waals surface area contributed by atoms with Crippen LogP contribution >= 0.6 is 12.2 Å². The summed E-state index contributed by atoms with van der Waals surface area (Å²) in [5.74, 6) is 3.94. The van der Waals surface area contributed by atoms with Crippen molar-refractivity contribution < 1.29 is 9.53 Å². The third kappa shape index (κ3) is 3.61. The van der Waals surface area contributed by atoms with Crippen molar-refractivity contribution in [2.45, 2.75) is 57.5 Å². The first kappa shape index (κ1) is 18.9. The van der Waals surface area contributed by atoms with E-state index in [0.29, 0.717) is 17.2 Å². The average Bonchev–Trinajstić information content (AvgIpc) is 3.01. The molecule has 2 N–H and O–H groups in total. The maximum Gasteiger partial charge on any atom is 0.240 e. The van der Waals surface area contributed by atoms with Gasteiger partial charge in [0.25, 0.3) is 0 Å². The second kappa shape index (κ2) is 7.27. The highest BCUT2D eigenvalue weighted by Gasteiger charge is 2.51. The zero-order chi connectivity index (χ0) is 20.0. The average molecular weight is 413 g/mol. The fourth-order valence-corrected chi connectivity index (χ4v) is 6.49. The van der Waals surface area contributed by atoms with Gasteiger partial charge in [-0.15, -0.1) is 0 Å². The number of aromatic amines is 1. The van der Waals surface area contributed by atoms with Gasteiger partial charge in [-0.05, 0) is 99.7 Å². The summed E-state index contributed by atoms with van der Waals surface area (Å²) in [7, 11) is 0. The molecule has 29 heavy (non-hydrogen) atoms. The minimum atomic E-state index is 0.0110. The Morgan fingerprint density at radius 2 is 1.83 bits per heavy atom. The minimum absolute atomic E-state index is 0.0110. The van der Waals surface area contributed by atoms with Gasteiger partial charge < -0.3 is 10.1 Å². The van der Waals surface area contributed by atoms with E-state index >= 15 is 0 Å². The molecule has 4 fully saturated rings. The molecule has 0 aliphatic heterocycles. The van der Waals surface area contributed by atoms with E-state index in [1.165, 1.54) is 19.3 Å². The van der Waals surface area contributed by atoms with Gasteiger partial charge in [-0.3, -0.25) is 14.5 Å². The molecule has 4 bridgehead atoms. The summed E-state index contributed by atoms with van der Waals surface area (Å²) in [6.45, 7) is 2.78. The lowest BCUT2D eigenvalue weighted by Crippen LogP contribution is -2.60. The summed E-state index contributed by atoms with van der Waals surface area (Å²) >= 11 is 5.42. The molecule has 2 aromatic rings. The number of H-pyrrole nitrogens is 1. The molecule has 0 spiro atoms. The van der Waals surface area contributed by atoms with Crippen molar-refractivity contribution in [2.75, 3.05) is 6.61 Å². The zero-order valence-corrected chi connectivity index (χ0v) is 17.6. The minimum Gasteiger partial charge on any atom is -0.494 e. The maximum atomic E-state index is 13.0. The van der Waals surface area contributed by atoms with Gasteiger partial charge in [0.2, 0.25) is 5.91 Å². The molecule has 7 heteroatoms. The second-order valence-corrected chi connectivity index (χ2v) is 9.53. The van der Waals surface area contributed by atoms with E-state index in [4.69, 9.17) is 17.0 Å². The third-order valence-electron chi connectivity index (χ3n) is 6.93. The number of aromatic nitrogens is 3. The summed E-state index contributed by atoms with van der Waals surface area (Å²) in [6, 6.07) is 7.72. The standard InChI is InChI=1S/C22H28N4O2S/c1-2-28-18-5-3-17(4-6-18)20-24-25-21(29)26(20)13-19(27)23-22-10-14-7-15(11-22)9-16(8-14)12-22/h3-6,14-16H,2,7-13H2,1H3,(H,23,27)(H,25,29). The molecule has 1 aromatic heterocycles. The van der Waals surface area contributed by atoms with Gasteiger partial charge in [0.1, 0.15) is 12.3 Å². The van der Waals surface area contributed by atoms with Crippen molar-refractivity contribution in [2.24, 2.45) is 17.8 Å². The van der Waals surface area contributed by atoms with E-state index in [9.17, 15) is 4.79 Å². The van der Waals surface area contributed by atoms with Crippen molar-refractivity contribution in [1.29, 1.82) is 0 Å². The van der Waals surface area contributed by atoms with Crippen molar-refractivity contribution in [3.05, 3.63) is 29.0 Å². The molecule has 4 aliphatic rings. The molecule has 0 saturated heterocycles. The lowest BCUT2D eigenvalue weighted by molar-refractivity contribution is -0.127. The monoisotopic (exact) mass is 412 g/mol. The Kier molecular flexibility index (Phi) is 4.73. The number of hydrogen-bond donors (Lipinski definition) is 2. The quantitative estimate of drug-likeness (QED) is 0.701. The van der Waals surface area contributed by atoms with E-state index in [1.54, 1.807) is 4.57 Å². The van der Waals surface area contributed by atoms with Crippen LogP contribution < -0.4 is 10.1 Å². The van der Waals surface area contributed by atoms with Crippen molar-refractivity contribution in [1.82, 2.24) is 20.1 Å². The third-order valence-corrected chi connectivity index (χ3v) is 7.24. The second-order valence-electron chi connectivity index (χ2n) is 9.14. The van der Waals surface area contributed by atoms with Crippen LogP contribution in [0.4, 0.5) is 0 Å². The fourth-order valence-electron chi connectivity index (χ4n) is 6.29. The number of nitrogens with one attached hydrogen (secondary N) is 2. The van der Waals surface area contributed by atoms with Crippen molar-refractivity contribution in [3.8, 4) is 17.1 Å². The highest BCUT2D eigenvalue weighted by atomic mass is 32.1. The van der Waals surface area contributed by atoms with Crippen LogP contribution in [0, 0.1) is 22.5 Å². The molecule has 1 heterocycles. The maximum absolute atomic E-state index is 13.0. The number of carbonyl (C=O) groups is 1. The molecule has 4 aliphatic carbocycles. The Morgan fingerprint density at radius 1 is 1.21 bits per heavy atom. The summed E-state index contributed by atoms with van der Waals surface area (Å²) in [5.41, 5.74) is 0.917. The van der Waals surface area contributed by atoms with Crippen LogP contribution in [0.3, 0.4) is 0 Å². The molecule has 0 radical (unpaired) electrons. The Bertz CT molecular complexity index is 927. The smallest absolute Gasteiger partial charge is 0.240 e. The van der Waals surface area contributed by atoms with Crippen molar-refractivity contribution in [3.63, 3.8) is 0 Å². The number of benzene rings is 1. The van der Waals surface area contributed by atoms with Gasteiger partial charge in [-0.2, -0.15) is 5.10 Å². The van der Waals surface area contributed by atoms with Crippen LogP contribution in [0.25, 0.3) is 11.4 Å². The van der Waals surface area contributed by atoms with E-state index in [1.807, 2.05) is 31.2 Å². The molecule has 1 aromatic carbocycles. The molecule has 154 valence electrons. The van der Waals surface area contributed by atoms with E-state index in [0.717, 1.165) is 48.3 Å². The Morgan fingerprint density at radius 3 is 2.41 bits per heavy atom. The molecule has 6 rings (SSSR count). The normalized spacial score (nSPS) is 29.8. The van der Waals surface area contributed by atoms with Gasteiger partial charge in [-0.1, -0.05) is 0 Å². The zero-order valence-electron chi connectivity index (χ0n) is 16.8. The molecular weight excluding hydrogens is 384 g/mol. The molecule has 6 nitrogen and oxygen atoms in total. The van der Waals surface area contributed by atoms with Crippen molar-refractivity contribution >= 4 is 18.1 Å². The number of hydrogen-bond acceptors (Lipinski definition) is 4. The molecule has 1 amide bonds. The number of nitrogens with zero attached hydrogens (tertiary/aromatic N) is 2. The lowest BCUT2D eigenvalue weighted by Gasteiger charge is -2.56. The van der Waals surface area contributed by atoms with Crippen LogP contribution in [-0.2, 0) is 11.3 Å². The molecule has 0 atom stereocenters. The summed E-state index contributed by atoms with van der Waals surface area (Å²) in [5, 5.41) is 10.6. The Labute approximate surface area is 176 Å². The van der Waals surface area contributed by atoms with Gasteiger partial charge in [-0.25, -0.2) is 0 Å². The van der Waals surface area contributed by atoms with Crippen LogP contribution in [-0.4, -0.2) is 32.8 Å². The molecule has 4 saturated carbocycles.